The molecule has 2 rings (SSSR count). The molecule has 2 unspecified atom stereocenters. The first-order valence-corrected chi connectivity index (χ1v) is 7.30. The third kappa shape index (κ3) is 4.06. The molecule has 0 amide bonds. The normalized spacial score (nSPS) is 20.6. The highest BCUT2D eigenvalue weighted by Gasteiger charge is 2.23. The minimum absolute atomic E-state index is 0.206. The van der Waals surface area contributed by atoms with E-state index < -0.39 is 0 Å². The van der Waals surface area contributed by atoms with Gasteiger partial charge in [-0.2, -0.15) is 0 Å². The van der Waals surface area contributed by atoms with Gasteiger partial charge in [0.1, 0.15) is 5.82 Å². The van der Waals surface area contributed by atoms with E-state index in [4.69, 9.17) is 22.1 Å². The summed E-state index contributed by atoms with van der Waals surface area (Å²) in [6.45, 7) is 4.83. The molecule has 1 fully saturated rings. The third-order valence-electron chi connectivity index (χ3n) is 3.53. The fourth-order valence-electron chi connectivity index (χ4n) is 2.49. The van der Waals surface area contributed by atoms with Crippen LogP contribution in [0, 0.1) is 5.92 Å². The van der Waals surface area contributed by atoms with Gasteiger partial charge in [0.05, 0.1) is 5.02 Å². The van der Waals surface area contributed by atoms with E-state index >= 15 is 0 Å². The Morgan fingerprint density at radius 1 is 1.63 bits per heavy atom. The second-order valence-electron chi connectivity index (χ2n) is 5.10. The number of rotatable bonds is 6. The van der Waals surface area contributed by atoms with Gasteiger partial charge in [-0.1, -0.05) is 18.5 Å². The Kier molecular flexibility index (Phi) is 5.43. The Labute approximate surface area is 119 Å². The average Bonchev–Trinajstić information content (AvgIpc) is 2.90. The van der Waals surface area contributed by atoms with Crippen molar-refractivity contribution in [2.45, 2.75) is 32.2 Å². The van der Waals surface area contributed by atoms with E-state index in [1.807, 2.05) is 6.07 Å². The quantitative estimate of drug-likeness (QED) is 0.843. The lowest BCUT2D eigenvalue weighted by Crippen LogP contribution is -2.26. The second-order valence-corrected chi connectivity index (χ2v) is 5.54. The van der Waals surface area contributed by atoms with Crippen LogP contribution in [0.5, 0.6) is 0 Å². The maximum atomic E-state index is 6.04. The van der Waals surface area contributed by atoms with Gasteiger partial charge in [-0.15, -0.1) is 0 Å². The number of hydrogen-bond acceptors (Lipinski definition) is 4. The molecule has 0 radical (unpaired) electrons. The Morgan fingerprint density at radius 3 is 3.16 bits per heavy atom. The van der Waals surface area contributed by atoms with Crippen LogP contribution in [0.2, 0.25) is 5.02 Å². The molecule has 5 heteroatoms. The summed E-state index contributed by atoms with van der Waals surface area (Å²) in [5.74, 6) is 1.16. The first-order chi connectivity index (χ1) is 9.20. The number of halogens is 1. The van der Waals surface area contributed by atoms with Crippen LogP contribution in [0.1, 0.15) is 37.8 Å². The molecule has 1 aliphatic rings. The SMILES string of the molecule is CCCNC(CC1CCOC1)c1cc(Cl)cnc1N. The Balaban J connectivity index is 2.12. The third-order valence-corrected chi connectivity index (χ3v) is 3.73. The van der Waals surface area contributed by atoms with Crippen molar-refractivity contribution in [3.05, 3.63) is 22.8 Å². The van der Waals surface area contributed by atoms with E-state index in [-0.39, 0.29) is 6.04 Å². The van der Waals surface area contributed by atoms with E-state index in [1.165, 1.54) is 0 Å². The van der Waals surface area contributed by atoms with Gasteiger partial charge in [-0.25, -0.2) is 4.98 Å². The van der Waals surface area contributed by atoms with E-state index in [0.717, 1.165) is 44.6 Å². The highest BCUT2D eigenvalue weighted by molar-refractivity contribution is 6.30. The Hall–Kier alpha value is -0.840. The standard InChI is InChI=1S/C14H22ClN3O/c1-2-4-17-13(6-10-3-5-19-9-10)12-7-11(15)8-18-14(12)16/h7-8,10,13,17H,2-6,9H2,1H3,(H2,16,18). The minimum atomic E-state index is 0.206. The summed E-state index contributed by atoms with van der Waals surface area (Å²) in [5, 5.41) is 4.18. The molecule has 1 aromatic heterocycles. The van der Waals surface area contributed by atoms with Crippen molar-refractivity contribution in [2.75, 3.05) is 25.5 Å². The number of anilines is 1. The fourth-order valence-corrected chi connectivity index (χ4v) is 2.65. The lowest BCUT2D eigenvalue weighted by atomic mass is 9.94. The van der Waals surface area contributed by atoms with Crippen molar-refractivity contribution in [3.63, 3.8) is 0 Å². The van der Waals surface area contributed by atoms with Gasteiger partial charge in [0.2, 0.25) is 0 Å². The van der Waals surface area contributed by atoms with E-state index in [0.29, 0.717) is 16.8 Å². The Bertz CT molecular complexity index is 408. The molecular formula is C14H22ClN3O. The maximum Gasteiger partial charge on any atom is 0.128 e. The van der Waals surface area contributed by atoms with E-state index in [1.54, 1.807) is 6.20 Å². The van der Waals surface area contributed by atoms with Crippen molar-refractivity contribution >= 4 is 17.4 Å². The van der Waals surface area contributed by atoms with Crippen LogP contribution < -0.4 is 11.1 Å². The molecule has 19 heavy (non-hydrogen) atoms. The topological polar surface area (TPSA) is 60.2 Å². The predicted octanol–water partition coefficient (Wildman–Crippen LogP) is 2.78. The molecule has 3 N–H and O–H groups in total. The average molecular weight is 284 g/mol. The zero-order valence-electron chi connectivity index (χ0n) is 11.4. The monoisotopic (exact) mass is 283 g/mol. The molecule has 0 spiro atoms. The van der Waals surface area contributed by atoms with Gasteiger partial charge < -0.3 is 15.8 Å². The summed E-state index contributed by atoms with van der Waals surface area (Å²) < 4.78 is 5.45. The van der Waals surface area contributed by atoms with Crippen LogP contribution in [0.3, 0.4) is 0 Å². The van der Waals surface area contributed by atoms with E-state index in [9.17, 15) is 0 Å². The Morgan fingerprint density at radius 2 is 2.47 bits per heavy atom. The summed E-state index contributed by atoms with van der Waals surface area (Å²) in [5.41, 5.74) is 7.00. The zero-order chi connectivity index (χ0) is 13.7. The van der Waals surface area contributed by atoms with Crippen molar-refractivity contribution < 1.29 is 4.74 Å². The maximum absolute atomic E-state index is 6.04. The van der Waals surface area contributed by atoms with Crippen molar-refractivity contribution in [1.29, 1.82) is 0 Å². The van der Waals surface area contributed by atoms with Crippen LogP contribution in [0.4, 0.5) is 5.82 Å². The van der Waals surface area contributed by atoms with Crippen LogP contribution in [0.15, 0.2) is 12.3 Å². The summed E-state index contributed by atoms with van der Waals surface area (Å²) in [6, 6.07) is 2.13. The zero-order valence-corrected chi connectivity index (χ0v) is 12.1. The van der Waals surface area contributed by atoms with Gasteiger partial charge in [0.25, 0.3) is 0 Å². The summed E-state index contributed by atoms with van der Waals surface area (Å²) >= 11 is 6.04. The molecule has 106 valence electrons. The molecule has 0 aromatic carbocycles. The number of hydrogen-bond donors (Lipinski definition) is 2. The van der Waals surface area contributed by atoms with E-state index in [2.05, 4.69) is 17.2 Å². The first-order valence-electron chi connectivity index (χ1n) is 6.92. The summed E-state index contributed by atoms with van der Waals surface area (Å²) in [6.07, 6.45) is 4.83. The number of aromatic nitrogens is 1. The van der Waals surface area contributed by atoms with Crippen molar-refractivity contribution in [3.8, 4) is 0 Å². The van der Waals surface area contributed by atoms with Gasteiger partial charge in [0, 0.05) is 31.0 Å². The molecule has 1 aliphatic heterocycles. The van der Waals surface area contributed by atoms with Gasteiger partial charge >= 0.3 is 0 Å². The van der Waals surface area contributed by atoms with Gasteiger partial charge in [0.15, 0.2) is 0 Å². The van der Waals surface area contributed by atoms with Crippen LogP contribution >= 0.6 is 11.6 Å². The van der Waals surface area contributed by atoms with Crippen LogP contribution in [-0.2, 0) is 4.74 Å². The number of nitrogen functional groups attached to an aromatic ring is 1. The summed E-state index contributed by atoms with van der Waals surface area (Å²) in [7, 11) is 0. The molecule has 1 saturated heterocycles. The lowest BCUT2D eigenvalue weighted by molar-refractivity contribution is 0.181. The van der Waals surface area contributed by atoms with Gasteiger partial charge in [-0.3, -0.25) is 0 Å². The highest BCUT2D eigenvalue weighted by atomic mass is 35.5. The number of pyridine rings is 1. The molecule has 0 saturated carbocycles. The molecule has 4 nitrogen and oxygen atoms in total. The lowest BCUT2D eigenvalue weighted by Gasteiger charge is -2.22. The van der Waals surface area contributed by atoms with Crippen molar-refractivity contribution in [2.24, 2.45) is 5.92 Å². The number of nitrogens with two attached hydrogens (primary N) is 1. The smallest absolute Gasteiger partial charge is 0.128 e. The van der Waals surface area contributed by atoms with Crippen LogP contribution in [-0.4, -0.2) is 24.7 Å². The first kappa shape index (κ1) is 14.6. The fraction of sp³-hybridized carbons (Fsp3) is 0.643. The van der Waals surface area contributed by atoms with Crippen LogP contribution in [0.25, 0.3) is 0 Å². The number of ether oxygens (including phenoxy) is 1. The number of nitrogens with one attached hydrogen (secondary N) is 1. The molecule has 0 aliphatic carbocycles. The van der Waals surface area contributed by atoms with Crippen molar-refractivity contribution in [1.82, 2.24) is 10.3 Å². The minimum Gasteiger partial charge on any atom is -0.383 e. The highest BCUT2D eigenvalue weighted by Crippen LogP contribution is 2.30. The molecule has 2 heterocycles. The van der Waals surface area contributed by atoms with Gasteiger partial charge in [-0.05, 0) is 37.8 Å². The predicted molar refractivity (Wildman–Crippen MR) is 78.2 cm³/mol. The summed E-state index contributed by atoms with van der Waals surface area (Å²) in [4.78, 5) is 4.16. The molecule has 1 aromatic rings. The number of nitrogens with zero attached hydrogens (tertiary/aromatic N) is 1. The molecular weight excluding hydrogens is 262 g/mol. The molecule has 2 atom stereocenters. The second kappa shape index (κ2) is 7.08. The molecule has 0 bridgehead atoms. The largest absolute Gasteiger partial charge is 0.383 e.